The van der Waals surface area contributed by atoms with Gasteiger partial charge in [-0.1, -0.05) is 19.8 Å². The molecule has 2 fully saturated rings. The van der Waals surface area contributed by atoms with E-state index in [1.807, 2.05) is 0 Å². The lowest BCUT2D eigenvalue weighted by Gasteiger charge is -2.34. The van der Waals surface area contributed by atoms with Crippen LogP contribution in [0.3, 0.4) is 0 Å². The van der Waals surface area contributed by atoms with Crippen molar-refractivity contribution in [2.45, 2.75) is 38.0 Å². The number of nitrogens with zero attached hydrogens (tertiary/aromatic N) is 1. The topological polar surface area (TPSA) is 3.24 Å². The van der Waals surface area contributed by atoms with Crippen LogP contribution in [-0.4, -0.2) is 29.9 Å². The summed E-state index contributed by atoms with van der Waals surface area (Å²) in [4.78, 5) is 2.60. The molecule has 0 aromatic rings. The standard InChI is InChI=1S/C11H20ClN/c1-9-8-13(7-5-11(9)12)6-4-10-2-3-10/h9-11H,2-8H2,1H3. The Morgan fingerprint density at radius 1 is 1.31 bits per heavy atom. The maximum Gasteiger partial charge on any atom is 0.0386 e. The first kappa shape index (κ1) is 9.79. The van der Waals surface area contributed by atoms with E-state index in [0.29, 0.717) is 11.3 Å². The highest BCUT2D eigenvalue weighted by molar-refractivity contribution is 6.20. The third kappa shape index (κ3) is 2.85. The largest absolute Gasteiger partial charge is 0.303 e. The molecule has 2 rings (SSSR count). The highest BCUT2D eigenvalue weighted by Crippen LogP contribution is 2.33. The van der Waals surface area contributed by atoms with Gasteiger partial charge in [0, 0.05) is 11.9 Å². The van der Waals surface area contributed by atoms with Crippen LogP contribution in [0.15, 0.2) is 0 Å². The predicted molar refractivity (Wildman–Crippen MR) is 57.2 cm³/mol. The summed E-state index contributed by atoms with van der Waals surface area (Å²) < 4.78 is 0. The van der Waals surface area contributed by atoms with Crippen LogP contribution in [-0.2, 0) is 0 Å². The fourth-order valence-electron chi connectivity index (χ4n) is 2.18. The van der Waals surface area contributed by atoms with Crippen LogP contribution >= 0.6 is 11.6 Å². The van der Waals surface area contributed by atoms with Crippen molar-refractivity contribution in [3.63, 3.8) is 0 Å². The van der Waals surface area contributed by atoms with E-state index >= 15 is 0 Å². The highest BCUT2D eigenvalue weighted by atomic mass is 35.5. The van der Waals surface area contributed by atoms with Crippen molar-refractivity contribution >= 4 is 11.6 Å². The number of likely N-dealkylation sites (tertiary alicyclic amines) is 1. The lowest BCUT2D eigenvalue weighted by Crippen LogP contribution is -2.40. The van der Waals surface area contributed by atoms with Crippen molar-refractivity contribution < 1.29 is 0 Å². The van der Waals surface area contributed by atoms with E-state index in [0.717, 1.165) is 5.92 Å². The number of rotatable bonds is 3. The third-order valence-electron chi connectivity index (χ3n) is 3.44. The summed E-state index contributed by atoms with van der Waals surface area (Å²) in [5.74, 6) is 1.76. The number of hydrogen-bond acceptors (Lipinski definition) is 1. The molecule has 0 spiro atoms. The zero-order chi connectivity index (χ0) is 9.26. The normalized spacial score (nSPS) is 36.5. The quantitative estimate of drug-likeness (QED) is 0.635. The maximum atomic E-state index is 6.18. The molecule has 1 aliphatic carbocycles. The van der Waals surface area contributed by atoms with E-state index in [1.165, 1.54) is 45.3 Å². The van der Waals surface area contributed by atoms with Gasteiger partial charge in [0.05, 0.1) is 0 Å². The van der Waals surface area contributed by atoms with Gasteiger partial charge in [0.1, 0.15) is 0 Å². The van der Waals surface area contributed by atoms with Gasteiger partial charge in [0.15, 0.2) is 0 Å². The van der Waals surface area contributed by atoms with Crippen LogP contribution in [0.5, 0.6) is 0 Å². The van der Waals surface area contributed by atoms with Crippen LogP contribution in [0.2, 0.25) is 0 Å². The predicted octanol–water partition coefficient (Wildman–Crippen LogP) is 2.74. The molecule has 1 saturated carbocycles. The van der Waals surface area contributed by atoms with Crippen molar-refractivity contribution in [2.24, 2.45) is 11.8 Å². The van der Waals surface area contributed by atoms with E-state index in [2.05, 4.69) is 11.8 Å². The van der Waals surface area contributed by atoms with Crippen LogP contribution in [0.25, 0.3) is 0 Å². The van der Waals surface area contributed by atoms with Crippen molar-refractivity contribution in [2.75, 3.05) is 19.6 Å². The van der Waals surface area contributed by atoms with Crippen LogP contribution in [0.4, 0.5) is 0 Å². The third-order valence-corrected chi connectivity index (χ3v) is 4.08. The maximum absolute atomic E-state index is 6.18. The first-order valence-corrected chi connectivity index (χ1v) is 6.06. The molecule has 2 atom stereocenters. The van der Waals surface area contributed by atoms with Crippen molar-refractivity contribution in [1.82, 2.24) is 4.90 Å². The summed E-state index contributed by atoms with van der Waals surface area (Å²) in [6.45, 7) is 6.05. The summed E-state index contributed by atoms with van der Waals surface area (Å²) >= 11 is 6.18. The molecule has 0 aromatic carbocycles. The highest BCUT2D eigenvalue weighted by Gasteiger charge is 2.26. The van der Waals surface area contributed by atoms with Gasteiger partial charge in [-0.2, -0.15) is 0 Å². The van der Waals surface area contributed by atoms with Crippen molar-refractivity contribution in [3.8, 4) is 0 Å². The summed E-state index contributed by atoms with van der Waals surface area (Å²) in [5.41, 5.74) is 0. The molecule has 2 unspecified atom stereocenters. The lowest BCUT2D eigenvalue weighted by molar-refractivity contribution is 0.183. The fraction of sp³-hybridized carbons (Fsp3) is 1.00. The molecular formula is C11H20ClN. The second kappa shape index (κ2) is 4.18. The van der Waals surface area contributed by atoms with Gasteiger partial charge in [-0.15, -0.1) is 11.6 Å². The monoisotopic (exact) mass is 201 g/mol. The zero-order valence-corrected chi connectivity index (χ0v) is 9.26. The number of hydrogen-bond donors (Lipinski definition) is 0. The minimum Gasteiger partial charge on any atom is -0.303 e. The summed E-state index contributed by atoms with van der Waals surface area (Å²) in [6.07, 6.45) is 5.59. The molecule has 2 aliphatic rings. The molecule has 2 heteroatoms. The van der Waals surface area contributed by atoms with Crippen LogP contribution in [0.1, 0.15) is 32.6 Å². The average Bonchev–Trinajstić information content (AvgIpc) is 2.91. The SMILES string of the molecule is CC1CN(CCC2CC2)CCC1Cl. The first-order chi connectivity index (χ1) is 6.25. The van der Waals surface area contributed by atoms with Gasteiger partial charge in [0.2, 0.25) is 0 Å². The second-order valence-electron chi connectivity index (χ2n) is 4.81. The average molecular weight is 202 g/mol. The number of halogens is 1. The Labute approximate surface area is 86.4 Å². The Balaban J connectivity index is 1.68. The molecule has 1 heterocycles. The van der Waals surface area contributed by atoms with Crippen molar-refractivity contribution in [1.29, 1.82) is 0 Å². The van der Waals surface area contributed by atoms with E-state index in [4.69, 9.17) is 11.6 Å². The van der Waals surface area contributed by atoms with E-state index in [1.54, 1.807) is 0 Å². The Morgan fingerprint density at radius 3 is 2.69 bits per heavy atom. The van der Waals surface area contributed by atoms with Gasteiger partial charge >= 0.3 is 0 Å². The molecule has 1 nitrogen and oxygen atoms in total. The molecule has 0 radical (unpaired) electrons. The Hall–Kier alpha value is 0.250. The van der Waals surface area contributed by atoms with Gasteiger partial charge in [-0.3, -0.25) is 0 Å². The lowest BCUT2D eigenvalue weighted by atomic mass is 9.99. The molecule has 0 N–H and O–H groups in total. The molecule has 76 valence electrons. The summed E-state index contributed by atoms with van der Waals surface area (Å²) in [5, 5.41) is 0.428. The molecule has 1 aliphatic heterocycles. The number of alkyl halides is 1. The zero-order valence-electron chi connectivity index (χ0n) is 8.51. The number of piperidine rings is 1. The Bertz CT molecular complexity index is 167. The van der Waals surface area contributed by atoms with Crippen LogP contribution in [0, 0.1) is 11.8 Å². The molecule has 13 heavy (non-hydrogen) atoms. The van der Waals surface area contributed by atoms with Gasteiger partial charge in [-0.05, 0) is 37.8 Å². The van der Waals surface area contributed by atoms with Crippen LogP contribution < -0.4 is 0 Å². The fourth-order valence-corrected chi connectivity index (χ4v) is 2.36. The second-order valence-corrected chi connectivity index (χ2v) is 5.38. The molecule has 1 saturated heterocycles. The molecule has 0 amide bonds. The van der Waals surface area contributed by atoms with Gasteiger partial charge < -0.3 is 4.90 Å². The summed E-state index contributed by atoms with van der Waals surface area (Å²) in [7, 11) is 0. The van der Waals surface area contributed by atoms with Crippen molar-refractivity contribution in [3.05, 3.63) is 0 Å². The Morgan fingerprint density at radius 2 is 2.08 bits per heavy atom. The molecule has 0 aromatic heterocycles. The van der Waals surface area contributed by atoms with Gasteiger partial charge in [0.25, 0.3) is 0 Å². The Kier molecular flexibility index (Phi) is 3.15. The minimum atomic E-state index is 0.428. The first-order valence-electron chi connectivity index (χ1n) is 5.62. The van der Waals surface area contributed by atoms with E-state index in [9.17, 15) is 0 Å². The smallest absolute Gasteiger partial charge is 0.0386 e. The molecule has 0 bridgehead atoms. The van der Waals surface area contributed by atoms with E-state index in [-0.39, 0.29) is 0 Å². The minimum absolute atomic E-state index is 0.428. The van der Waals surface area contributed by atoms with E-state index < -0.39 is 0 Å². The van der Waals surface area contributed by atoms with Gasteiger partial charge in [-0.25, -0.2) is 0 Å². The molecular weight excluding hydrogens is 182 g/mol. The summed E-state index contributed by atoms with van der Waals surface area (Å²) in [6, 6.07) is 0.